The van der Waals surface area contributed by atoms with E-state index in [1.54, 1.807) is 14.2 Å². The van der Waals surface area contributed by atoms with E-state index in [0.29, 0.717) is 77.0 Å². The molecule has 0 aliphatic rings. The Morgan fingerprint density at radius 3 is 1.46 bits per heavy atom. The van der Waals surface area contributed by atoms with Crippen molar-refractivity contribution in [2.45, 2.75) is 115 Å². The summed E-state index contributed by atoms with van der Waals surface area (Å²) < 4.78 is 39.9. The summed E-state index contributed by atoms with van der Waals surface area (Å²) >= 11 is 0. The Hall–Kier alpha value is -4.33. The molecular weight excluding hydrogens is 801 g/mol. The van der Waals surface area contributed by atoms with Crippen molar-refractivity contribution in [1.82, 2.24) is 10.6 Å². The first-order valence-electron chi connectivity index (χ1n) is 23.3. The number of ether oxygens (including phenoxy) is 7. The zero-order chi connectivity index (χ0) is 45.1. The second-order valence-electron chi connectivity index (χ2n) is 15.7. The second kappa shape index (κ2) is 34.1. The first-order chi connectivity index (χ1) is 31.0. The van der Waals surface area contributed by atoms with Gasteiger partial charge in [0.2, 0.25) is 11.8 Å². The molecule has 0 spiro atoms. The van der Waals surface area contributed by atoms with E-state index in [1.807, 2.05) is 78.9 Å². The third-order valence-corrected chi connectivity index (χ3v) is 10.8. The summed E-state index contributed by atoms with van der Waals surface area (Å²) in [7, 11) is 3.22. The molecule has 12 heteroatoms. The smallest absolute Gasteiger partial charge is 0.222 e. The van der Waals surface area contributed by atoms with Gasteiger partial charge in [-0.3, -0.25) is 9.59 Å². The number of hydrogen-bond acceptors (Lipinski definition) is 10. The van der Waals surface area contributed by atoms with Crippen LogP contribution in [0.3, 0.4) is 0 Å². The minimum absolute atomic E-state index is 0.0669. The summed E-state index contributed by atoms with van der Waals surface area (Å²) in [6.07, 6.45) is 18.2. The van der Waals surface area contributed by atoms with E-state index < -0.39 is 11.6 Å². The molecule has 0 saturated carbocycles. The maximum absolute atomic E-state index is 12.8. The van der Waals surface area contributed by atoms with Gasteiger partial charge in [0.1, 0.15) is 29.4 Å². The van der Waals surface area contributed by atoms with Crippen LogP contribution in [0.5, 0.6) is 11.5 Å². The minimum atomic E-state index is -1.13. The minimum Gasteiger partial charge on any atom is -0.497 e. The van der Waals surface area contributed by atoms with Gasteiger partial charge in [-0.1, -0.05) is 139 Å². The number of carbonyl (C=O) groups excluding carboxylic acids is 3. The molecule has 1 unspecified atom stereocenters. The van der Waals surface area contributed by atoms with Crippen molar-refractivity contribution in [2.24, 2.45) is 0 Å². The first-order valence-corrected chi connectivity index (χ1v) is 23.3. The Bertz CT molecular complexity index is 1560. The molecule has 350 valence electrons. The van der Waals surface area contributed by atoms with E-state index in [0.717, 1.165) is 29.5 Å². The Kier molecular flexibility index (Phi) is 28.7. The van der Waals surface area contributed by atoms with E-state index in [1.165, 1.54) is 70.6 Å². The van der Waals surface area contributed by atoms with Gasteiger partial charge < -0.3 is 48.6 Å². The van der Waals surface area contributed by atoms with Gasteiger partial charge in [-0.05, 0) is 47.4 Å². The first kappa shape index (κ1) is 53.0. The molecule has 3 aromatic rings. The molecule has 0 heterocycles. The maximum atomic E-state index is 12.8. The van der Waals surface area contributed by atoms with Crippen molar-refractivity contribution in [3.8, 4) is 11.5 Å². The van der Waals surface area contributed by atoms with Gasteiger partial charge in [0.05, 0.1) is 73.7 Å². The molecule has 0 aliphatic heterocycles. The van der Waals surface area contributed by atoms with Crippen LogP contribution in [0.2, 0.25) is 0 Å². The van der Waals surface area contributed by atoms with Crippen molar-refractivity contribution in [2.75, 3.05) is 80.2 Å². The fraction of sp³-hybridized carbons (Fsp3) is 0.588. The van der Waals surface area contributed by atoms with Gasteiger partial charge in [0.15, 0.2) is 0 Å². The lowest BCUT2D eigenvalue weighted by atomic mass is 9.80. The average Bonchev–Trinajstić information content (AvgIpc) is 3.32. The molecule has 0 fully saturated rings. The van der Waals surface area contributed by atoms with Crippen LogP contribution in [-0.4, -0.2) is 104 Å². The Morgan fingerprint density at radius 1 is 0.540 bits per heavy atom. The monoisotopic (exact) mass is 877 g/mol. The molecular formula is C51H76N2O10. The van der Waals surface area contributed by atoms with Crippen molar-refractivity contribution in [3.63, 3.8) is 0 Å². The van der Waals surface area contributed by atoms with E-state index in [9.17, 15) is 14.4 Å². The van der Waals surface area contributed by atoms with Gasteiger partial charge in [-0.2, -0.15) is 0 Å². The molecule has 12 nitrogen and oxygen atoms in total. The Labute approximate surface area is 377 Å². The van der Waals surface area contributed by atoms with Crippen LogP contribution in [0.25, 0.3) is 0 Å². The molecule has 0 aromatic heterocycles. The maximum Gasteiger partial charge on any atom is 0.222 e. The third kappa shape index (κ3) is 21.7. The lowest BCUT2D eigenvalue weighted by molar-refractivity contribution is -0.126. The van der Waals surface area contributed by atoms with Crippen LogP contribution in [0.1, 0.15) is 120 Å². The van der Waals surface area contributed by atoms with E-state index >= 15 is 0 Å². The van der Waals surface area contributed by atoms with Crippen molar-refractivity contribution in [1.29, 1.82) is 0 Å². The highest BCUT2D eigenvalue weighted by Crippen LogP contribution is 2.41. The van der Waals surface area contributed by atoms with Gasteiger partial charge in [0, 0.05) is 19.4 Å². The zero-order valence-electron chi connectivity index (χ0n) is 38.4. The number of rotatable bonds is 39. The van der Waals surface area contributed by atoms with Crippen molar-refractivity contribution >= 4 is 18.1 Å². The fourth-order valence-corrected chi connectivity index (χ4v) is 7.26. The van der Waals surface area contributed by atoms with E-state index in [4.69, 9.17) is 33.2 Å². The molecule has 0 aliphatic carbocycles. The molecule has 0 radical (unpaired) electrons. The molecule has 2 amide bonds. The normalized spacial score (nSPS) is 11.9. The summed E-state index contributed by atoms with van der Waals surface area (Å²) in [5, 5.41) is 5.71. The summed E-state index contributed by atoms with van der Waals surface area (Å²) in [5.74, 6) is 1.14. The molecule has 2 N–H and O–H groups in total. The van der Waals surface area contributed by atoms with E-state index in [-0.39, 0.29) is 31.4 Å². The topological polar surface area (TPSA) is 140 Å². The quantitative estimate of drug-likeness (QED) is 0.0325. The lowest BCUT2D eigenvalue weighted by Crippen LogP contribution is -2.43. The van der Waals surface area contributed by atoms with Crippen LogP contribution in [0.15, 0.2) is 78.9 Å². The largest absolute Gasteiger partial charge is 0.497 e. The molecule has 0 saturated heterocycles. The van der Waals surface area contributed by atoms with E-state index in [2.05, 4.69) is 17.6 Å². The second-order valence-corrected chi connectivity index (χ2v) is 15.7. The zero-order valence-corrected chi connectivity index (χ0v) is 38.4. The van der Waals surface area contributed by atoms with Gasteiger partial charge in [0.25, 0.3) is 0 Å². The highest BCUT2D eigenvalue weighted by atomic mass is 16.6. The highest BCUT2D eigenvalue weighted by molar-refractivity contribution is 5.79. The Balaban J connectivity index is 1.21. The molecule has 1 atom stereocenters. The van der Waals surface area contributed by atoms with Crippen LogP contribution in [-0.2, 0) is 43.7 Å². The summed E-state index contributed by atoms with van der Waals surface area (Å²) in [6, 6.07) is 24.0. The number of nitrogens with one attached hydrogen (secondary N) is 2. The van der Waals surface area contributed by atoms with Crippen LogP contribution < -0.4 is 20.1 Å². The average molecular weight is 877 g/mol. The van der Waals surface area contributed by atoms with Gasteiger partial charge in [-0.25, -0.2) is 0 Å². The van der Waals surface area contributed by atoms with Gasteiger partial charge in [-0.15, -0.1) is 0 Å². The summed E-state index contributed by atoms with van der Waals surface area (Å²) in [6.45, 7) is 5.64. The number of unbranched alkanes of at least 4 members (excludes halogenated alkanes) is 12. The predicted octanol–water partition coefficient (Wildman–Crippen LogP) is 8.75. The standard InChI is InChI=1S/C51H76N2O10/c1-4-5-6-7-8-9-10-11-12-13-14-15-19-22-49(55)52-32-34-60-36-38-62-40-39-61-37-35-59-33-31-50(56)53-46(41-54)42-63-51(43-20-17-16-18-21-43,44-23-27-47(57-2)28-24-44)45-25-29-48(58-3)30-26-45/h16-18,20-21,23-30,41,46H,4-15,19,22,31-40,42H2,1-3H3,(H,52,55)(H,53,56). The molecule has 3 rings (SSSR count). The number of aldehydes is 1. The van der Waals surface area contributed by atoms with Crippen molar-refractivity contribution < 1.29 is 47.5 Å². The fourth-order valence-electron chi connectivity index (χ4n) is 7.26. The summed E-state index contributed by atoms with van der Waals surface area (Å²) in [4.78, 5) is 37.2. The highest BCUT2D eigenvalue weighted by Gasteiger charge is 2.38. The third-order valence-electron chi connectivity index (χ3n) is 10.8. The number of hydrogen-bond donors (Lipinski definition) is 2. The summed E-state index contributed by atoms with van der Waals surface area (Å²) in [5.41, 5.74) is 1.35. The SMILES string of the molecule is CCCCCCCCCCCCCCCC(=O)NCCOCCOCCOCCOCCC(=O)NC(C=O)COC(c1ccccc1)(c1ccc(OC)cc1)c1ccc(OC)cc1. The Morgan fingerprint density at radius 2 is 0.984 bits per heavy atom. The number of carbonyl (C=O) groups is 3. The molecule has 3 aromatic carbocycles. The molecule has 0 bridgehead atoms. The number of benzene rings is 3. The van der Waals surface area contributed by atoms with Crippen molar-refractivity contribution in [3.05, 3.63) is 95.6 Å². The number of amides is 2. The van der Waals surface area contributed by atoms with Crippen LogP contribution >= 0.6 is 0 Å². The molecule has 63 heavy (non-hydrogen) atoms. The van der Waals surface area contributed by atoms with Crippen LogP contribution in [0.4, 0.5) is 0 Å². The lowest BCUT2D eigenvalue weighted by Gasteiger charge is -2.37. The predicted molar refractivity (Wildman–Crippen MR) is 247 cm³/mol. The number of methoxy groups -OCH3 is 2. The van der Waals surface area contributed by atoms with Gasteiger partial charge >= 0.3 is 0 Å². The van der Waals surface area contributed by atoms with Crippen LogP contribution in [0, 0.1) is 0 Å².